The first-order valence-electron chi connectivity index (χ1n) is 4.45. The van der Waals surface area contributed by atoms with Crippen LogP contribution in [0.25, 0.3) is 0 Å². The number of hydrogen-bond donors (Lipinski definition) is 1. The molecule has 0 aliphatic rings. The minimum absolute atomic E-state index is 0.205. The number of aryl methyl sites for hydroxylation is 1. The fourth-order valence-corrected chi connectivity index (χ4v) is 1.42. The van der Waals surface area contributed by atoms with Crippen molar-refractivity contribution in [2.75, 3.05) is 0 Å². The summed E-state index contributed by atoms with van der Waals surface area (Å²) in [5.41, 5.74) is 2.09. The molecule has 0 atom stereocenters. The van der Waals surface area contributed by atoms with Crippen LogP contribution in [-0.2, 0) is 13.0 Å². The molecule has 0 fully saturated rings. The van der Waals surface area contributed by atoms with Crippen molar-refractivity contribution in [2.45, 2.75) is 40.2 Å². The number of nitrogens with zero attached hydrogens (tertiary/aromatic N) is 2. The lowest BCUT2D eigenvalue weighted by Gasteiger charge is -1.99. The molecule has 3 heteroatoms. The Hall–Kier alpha value is -0.990. The standard InChI is InChI=1S/C9H16N2O/c1-4-6-8-7(3)11(5-2)10-9(8)12/h4-6H2,1-3H3,(H,10,12). The smallest absolute Gasteiger partial charge is 0.233 e. The highest BCUT2D eigenvalue weighted by Gasteiger charge is 2.10. The molecule has 3 nitrogen and oxygen atoms in total. The van der Waals surface area contributed by atoms with Gasteiger partial charge in [-0.2, -0.15) is 0 Å². The van der Waals surface area contributed by atoms with E-state index in [0.29, 0.717) is 0 Å². The third-order valence-corrected chi connectivity index (χ3v) is 2.11. The fraction of sp³-hybridized carbons (Fsp3) is 0.667. The lowest BCUT2D eigenvalue weighted by molar-refractivity contribution is 0.434. The average molecular weight is 168 g/mol. The predicted molar refractivity (Wildman–Crippen MR) is 48.3 cm³/mol. The molecule has 0 bridgehead atoms. The number of rotatable bonds is 3. The molecule has 1 rings (SSSR count). The maximum atomic E-state index is 9.44. The first kappa shape index (κ1) is 9.10. The summed E-state index contributed by atoms with van der Waals surface area (Å²) < 4.78 is 1.83. The van der Waals surface area contributed by atoms with Gasteiger partial charge in [0, 0.05) is 17.8 Å². The van der Waals surface area contributed by atoms with E-state index in [2.05, 4.69) is 12.0 Å². The maximum Gasteiger partial charge on any atom is 0.233 e. The predicted octanol–water partition coefficient (Wildman–Crippen LogP) is 1.87. The molecule has 0 aliphatic carbocycles. The van der Waals surface area contributed by atoms with Crippen LogP contribution in [0.1, 0.15) is 31.5 Å². The third-order valence-electron chi connectivity index (χ3n) is 2.11. The van der Waals surface area contributed by atoms with E-state index in [9.17, 15) is 5.11 Å². The summed E-state index contributed by atoms with van der Waals surface area (Å²) in [5, 5.41) is 13.5. The Morgan fingerprint density at radius 1 is 1.42 bits per heavy atom. The minimum atomic E-state index is 0.205. The second-order valence-corrected chi connectivity index (χ2v) is 2.95. The number of aromatic hydroxyl groups is 1. The molecule has 0 spiro atoms. The molecule has 68 valence electrons. The second kappa shape index (κ2) is 3.61. The van der Waals surface area contributed by atoms with Gasteiger partial charge in [0.05, 0.1) is 0 Å². The molecule has 1 N–H and O–H groups in total. The number of aromatic nitrogens is 2. The zero-order chi connectivity index (χ0) is 9.14. The third kappa shape index (κ3) is 1.44. The molecule has 1 heterocycles. The monoisotopic (exact) mass is 168 g/mol. The van der Waals surface area contributed by atoms with E-state index in [-0.39, 0.29) is 5.88 Å². The highest BCUT2D eigenvalue weighted by molar-refractivity contribution is 5.29. The summed E-state index contributed by atoms with van der Waals surface area (Å²) in [6.07, 6.45) is 1.96. The van der Waals surface area contributed by atoms with Crippen molar-refractivity contribution in [1.82, 2.24) is 9.78 Å². The van der Waals surface area contributed by atoms with Gasteiger partial charge in [-0.1, -0.05) is 13.3 Å². The van der Waals surface area contributed by atoms with E-state index in [1.165, 1.54) is 0 Å². The Kier molecular flexibility index (Phi) is 2.74. The Morgan fingerprint density at radius 3 is 2.50 bits per heavy atom. The molecule has 1 aromatic rings. The molecule has 0 radical (unpaired) electrons. The highest BCUT2D eigenvalue weighted by Crippen LogP contribution is 2.20. The normalized spacial score (nSPS) is 10.6. The van der Waals surface area contributed by atoms with Crippen LogP contribution in [0, 0.1) is 6.92 Å². The first-order valence-corrected chi connectivity index (χ1v) is 4.45. The van der Waals surface area contributed by atoms with Crippen molar-refractivity contribution < 1.29 is 5.11 Å². The second-order valence-electron chi connectivity index (χ2n) is 2.95. The van der Waals surface area contributed by atoms with Crippen LogP contribution in [0.5, 0.6) is 5.88 Å². The zero-order valence-corrected chi connectivity index (χ0v) is 7.96. The van der Waals surface area contributed by atoms with E-state index >= 15 is 0 Å². The van der Waals surface area contributed by atoms with E-state index < -0.39 is 0 Å². The van der Waals surface area contributed by atoms with Crippen molar-refractivity contribution in [1.29, 1.82) is 0 Å². The topological polar surface area (TPSA) is 38.1 Å². The molecule has 0 aromatic carbocycles. The lowest BCUT2D eigenvalue weighted by atomic mass is 10.1. The summed E-state index contributed by atoms with van der Waals surface area (Å²) in [6, 6.07) is 0. The van der Waals surface area contributed by atoms with Gasteiger partial charge < -0.3 is 5.11 Å². The van der Waals surface area contributed by atoms with Gasteiger partial charge in [0.2, 0.25) is 5.88 Å². The average Bonchev–Trinajstić information content (AvgIpc) is 2.32. The lowest BCUT2D eigenvalue weighted by Crippen LogP contribution is -1.99. The van der Waals surface area contributed by atoms with Crippen molar-refractivity contribution in [2.24, 2.45) is 0 Å². The quantitative estimate of drug-likeness (QED) is 0.748. The Bertz CT molecular complexity index is 266. The van der Waals surface area contributed by atoms with Crippen LogP contribution < -0.4 is 0 Å². The van der Waals surface area contributed by atoms with Gasteiger partial charge in [0.25, 0.3) is 0 Å². The van der Waals surface area contributed by atoms with Crippen LogP contribution in [-0.4, -0.2) is 14.9 Å². The van der Waals surface area contributed by atoms with E-state index in [0.717, 1.165) is 30.6 Å². The zero-order valence-electron chi connectivity index (χ0n) is 7.96. The van der Waals surface area contributed by atoms with Gasteiger partial charge in [-0.25, -0.2) is 0 Å². The summed E-state index contributed by atoms with van der Waals surface area (Å²) >= 11 is 0. The molecule has 0 saturated carbocycles. The van der Waals surface area contributed by atoms with Crippen molar-refractivity contribution in [3.8, 4) is 5.88 Å². The molecule has 0 unspecified atom stereocenters. The Morgan fingerprint density at radius 2 is 2.08 bits per heavy atom. The van der Waals surface area contributed by atoms with Gasteiger partial charge in [-0.15, -0.1) is 5.10 Å². The molecule has 12 heavy (non-hydrogen) atoms. The summed E-state index contributed by atoms with van der Waals surface area (Å²) in [4.78, 5) is 0. The first-order chi connectivity index (χ1) is 5.70. The maximum absolute atomic E-state index is 9.44. The van der Waals surface area contributed by atoms with Crippen LogP contribution in [0.3, 0.4) is 0 Å². The molecule has 0 saturated heterocycles. The summed E-state index contributed by atoms with van der Waals surface area (Å²) in [7, 11) is 0. The van der Waals surface area contributed by atoms with Crippen LogP contribution in [0.4, 0.5) is 0 Å². The Labute approximate surface area is 73.0 Å². The van der Waals surface area contributed by atoms with Gasteiger partial charge in [0.1, 0.15) is 0 Å². The van der Waals surface area contributed by atoms with E-state index in [1.54, 1.807) is 0 Å². The molecular formula is C9H16N2O. The largest absolute Gasteiger partial charge is 0.492 e. The van der Waals surface area contributed by atoms with Gasteiger partial charge in [0.15, 0.2) is 0 Å². The molecular weight excluding hydrogens is 152 g/mol. The summed E-state index contributed by atoms with van der Waals surface area (Å²) in [6.45, 7) is 6.95. The van der Waals surface area contributed by atoms with Crippen molar-refractivity contribution in [3.63, 3.8) is 0 Å². The van der Waals surface area contributed by atoms with Crippen molar-refractivity contribution >= 4 is 0 Å². The Balaban J connectivity index is 3.01. The van der Waals surface area contributed by atoms with E-state index in [4.69, 9.17) is 0 Å². The SMILES string of the molecule is CCCc1c(O)nn(CC)c1C. The fourth-order valence-electron chi connectivity index (χ4n) is 1.42. The molecule has 0 aliphatic heterocycles. The van der Waals surface area contributed by atoms with Crippen LogP contribution >= 0.6 is 0 Å². The van der Waals surface area contributed by atoms with Gasteiger partial charge >= 0.3 is 0 Å². The van der Waals surface area contributed by atoms with Gasteiger partial charge in [-0.05, 0) is 20.3 Å². The highest BCUT2D eigenvalue weighted by atomic mass is 16.3. The van der Waals surface area contributed by atoms with Crippen LogP contribution in [0.15, 0.2) is 0 Å². The molecule has 0 amide bonds. The van der Waals surface area contributed by atoms with Gasteiger partial charge in [-0.3, -0.25) is 4.68 Å². The van der Waals surface area contributed by atoms with Crippen LogP contribution in [0.2, 0.25) is 0 Å². The van der Waals surface area contributed by atoms with Crippen molar-refractivity contribution in [3.05, 3.63) is 11.3 Å². The number of hydrogen-bond acceptors (Lipinski definition) is 2. The summed E-state index contributed by atoms with van der Waals surface area (Å²) in [5.74, 6) is 0.205. The molecule has 1 aromatic heterocycles. The van der Waals surface area contributed by atoms with E-state index in [1.807, 2.05) is 18.5 Å². The minimum Gasteiger partial charge on any atom is -0.492 e.